The summed E-state index contributed by atoms with van der Waals surface area (Å²) in [6.45, 7) is 0. The number of anilines is 1. The highest BCUT2D eigenvalue weighted by atomic mass is 32.1. The number of aryl methyl sites for hydroxylation is 1. The first kappa shape index (κ1) is 23.3. The van der Waals surface area contributed by atoms with E-state index in [1.165, 1.54) is 27.5 Å². The van der Waals surface area contributed by atoms with Crippen LogP contribution >= 0.6 is 11.3 Å². The number of halogens is 3. The predicted octanol–water partition coefficient (Wildman–Crippen LogP) is 5.43. The van der Waals surface area contributed by atoms with Gasteiger partial charge in [-0.15, -0.1) is 11.3 Å². The molecule has 0 aliphatic heterocycles. The minimum Gasteiger partial charge on any atom is -0.477 e. The van der Waals surface area contributed by atoms with Crippen LogP contribution < -0.4 is 5.32 Å². The van der Waals surface area contributed by atoms with E-state index in [9.17, 15) is 27.9 Å². The summed E-state index contributed by atoms with van der Waals surface area (Å²) in [4.78, 5) is 27.9. The smallest absolute Gasteiger partial charge is 0.426 e. The highest BCUT2D eigenvalue weighted by Gasteiger charge is 2.38. The molecule has 0 bridgehead atoms. The van der Waals surface area contributed by atoms with E-state index in [1.807, 2.05) is 6.07 Å². The summed E-state index contributed by atoms with van der Waals surface area (Å²) in [5.41, 5.74) is 1.29. The molecule has 0 saturated heterocycles. The zero-order chi connectivity index (χ0) is 25.6. The number of fused-ring (bicyclic) bond motifs is 1. The van der Waals surface area contributed by atoms with Gasteiger partial charge in [-0.25, -0.2) is 9.78 Å². The fourth-order valence-corrected chi connectivity index (χ4v) is 4.76. The summed E-state index contributed by atoms with van der Waals surface area (Å²) >= 11 is 0.307. The Morgan fingerprint density at radius 2 is 1.81 bits per heavy atom. The van der Waals surface area contributed by atoms with Crippen LogP contribution in [0, 0.1) is 0 Å². The van der Waals surface area contributed by atoms with Gasteiger partial charge in [-0.2, -0.15) is 18.3 Å². The van der Waals surface area contributed by atoms with Crippen molar-refractivity contribution < 1.29 is 27.9 Å². The summed E-state index contributed by atoms with van der Waals surface area (Å²) in [5.74, 6) is -2.02. The number of hydrogen-bond acceptors (Lipinski definition) is 5. The van der Waals surface area contributed by atoms with Gasteiger partial charge in [-0.3, -0.25) is 13.9 Å². The first-order valence-electron chi connectivity index (χ1n) is 10.4. The number of benzene rings is 1. The summed E-state index contributed by atoms with van der Waals surface area (Å²) in [6.07, 6.45) is -0.521. The average molecular weight is 511 g/mol. The number of hydrogen-bond donors (Lipinski definition) is 2. The van der Waals surface area contributed by atoms with Gasteiger partial charge >= 0.3 is 12.1 Å². The van der Waals surface area contributed by atoms with E-state index in [4.69, 9.17) is 0 Å². The number of nitrogens with zero attached hydrogens (tertiary/aromatic N) is 4. The zero-order valence-corrected chi connectivity index (χ0v) is 19.3. The van der Waals surface area contributed by atoms with Crippen molar-refractivity contribution in [2.75, 3.05) is 5.32 Å². The Bertz CT molecular complexity index is 1620. The maximum absolute atomic E-state index is 13.8. The molecular formula is C24H16F3N5O3S. The number of carbonyl (C=O) groups excluding carboxylic acids is 1. The number of thiophene rings is 1. The van der Waals surface area contributed by atoms with Gasteiger partial charge in [-0.1, -0.05) is 30.3 Å². The van der Waals surface area contributed by atoms with Gasteiger partial charge in [0, 0.05) is 30.6 Å². The average Bonchev–Trinajstić information content (AvgIpc) is 3.57. The van der Waals surface area contributed by atoms with E-state index in [0.717, 1.165) is 12.3 Å². The highest BCUT2D eigenvalue weighted by Crippen LogP contribution is 2.43. The molecular weight excluding hydrogens is 495 g/mol. The Labute approximate surface area is 205 Å². The van der Waals surface area contributed by atoms with Crippen LogP contribution in [0.5, 0.6) is 0 Å². The molecule has 0 aliphatic carbocycles. The van der Waals surface area contributed by atoms with Gasteiger partial charge in [0.1, 0.15) is 4.88 Å². The zero-order valence-electron chi connectivity index (χ0n) is 18.4. The van der Waals surface area contributed by atoms with Gasteiger partial charge in [0.2, 0.25) is 0 Å². The Morgan fingerprint density at radius 1 is 1.06 bits per heavy atom. The Kier molecular flexibility index (Phi) is 5.59. The van der Waals surface area contributed by atoms with Crippen molar-refractivity contribution in [2.45, 2.75) is 6.18 Å². The lowest BCUT2D eigenvalue weighted by Crippen LogP contribution is -2.13. The first-order valence-corrected chi connectivity index (χ1v) is 11.3. The van der Waals surface area contributed by atoms with Crippen molar-refractivity contribution in [3.05, 3.63) is 82.6 Å². The third-order valence-electron chi connectivity index (χ3n) is 5.43. The van der Waals surface area contributed by atoms with E-state index in [-0.39, 0.29) is 33.2 Å². The third kappa shape index (κ3) is 4.11. The van der Waals surface area contributed by atoms with Crippen LogP contribution in [0.25, 0.3) is 28.0 Å². The number of aromatic nitrogens is 4. The largest absolute Gasteiger partial charge is 0.477 e. The molecule has 0 atom stereocenters. The van der Waals surface area contributed by atoms with Crippen molar-refractivity contribution in [3.8, 4) is 22.4 Å². The molecule has 1 amide bonds. The summed E-state index contributed by atoms with van der Waals surface area (Å²) in [7, 11) is 1.58. The molecule has 5 aromatic rings. The van der Waals surface area contributed by atoms with Gasteiger partial charge in [0.05, 0.1) is 22.5 Å². The van der Waals surface area contributed by atoms with Crippen LogP contribution in [0.4, 0.5) is 18.9 Å². The standard InChI is InChI=1S/C24H16F3N5O3S/c1-31-9-8-16(30-31)15-11-18(36-20(15)24(25,26)27)22(33)29-19-14(13-5-3-2-4-6-13)7-10-32-17(23(34)35)12-28-21(19)32/h2-12H,1H3,(H,29,33)(H,34,35). The maximum Gasteiger partial charge on any atom is 0.426 e. The molecule has 0 aliphatic rings. The number of carboxylic acid groups (broad SMARTS) is 1. The van der Waals surface area contributed by atoms with Crippen LogP contribution in [-0.2, 0) is 13.2 Å². The van der Waals surface area contributed by atoms with Crippen LogP contribution in [0.3, 0.4) is 0 Å². The molecule has 0 spiro atoms. The van der Waals surface area contributed by atoms with E-state index >= 15 is 0 Å². The van der Waals surface area contributed by atoms with E-state index in [0.29, 0.717) is 22.5 Å². The SMILES string of the molecule is Cn1ccc(-c2cc(C(=O)Nc3c(-c4ccccc4)ccn4c(C(=O)O)cnc34)sc2C(F)(F)F)n1. The fraction of sp³-hybridized carbons (Fsp3) is 0.0833. The molecule has 8 nitrogen and oxygen atoms in total. The molecule has 182 valence electrons. The number of nitrogens with one attached hydrogen (secondary N) is 1. The van der Waals surface area contributed by atoms with E-state index in [2.05, 4.69) is 15.4 Å². The maximum atomic E-state index is 13.8. The molecule has 5 rings (SSSR count). The Hall–Kier alpha value is -4.45. The topological polar surface area (TPSA) is 102 Å². The summed E-state index contributed by atoms with van der Waals surface area (Å²) in [6, 6.07) is 13.2. The third-order valence-corrected chi connectivity index (χ3v) is 6.60. The van der Waals surface area contributed by atoms with Crippen LogP contribution in [0.2, 0.25) is 0 Å². The van der Waals surface area contributed by atoms with Crippen molar-refractivity contribution in [1.82, 2.24) is 19.2 Å². The van der Waals surface area contributed by atoms with Crippen LogP contribution in [-0.4, -0.2) is 36.1 Å². The molecule has 0 fully saturated rings. The van der Waals surface area contributed by atoms with Gasteiger partial charge in [-0.05, 0) is 23.8 Å². The molecule has 0 saturated carbocycles. The Morgan fingerprint density at radius 3 is 2.44 bits per heavy atom. The van der Waals surface area contributed by atoms with Crippen molar-refractivity contribution >= 4 is 34.5 Å². The van der Waals surface area contributed by atoms with Crippen molar-refractivity contribution in [1.29, 1.82) is 0 Å². The van der Waals surface area contributed by atoms with Crippen molar-refractivity contribution in [3.63, 3.8) is 0 Å². The highest BCUT2D eigenvalue weighted by molar-refractivity contribution is 7.14. The van der Waals surface area contributed by atoms with Crippen LogP contribution in [0.1, 0.15) is 25.0 Å². The van der Waals surface area contributed by atoms with Crippen molar-refractivity contribution in [2.24, 2.45) is 7.05 Å². The number of amides is 1. The number of carbonyl (C=O) groups is 2. The lowest BCUT2D eigenvalue weighted by atomic mass is 10.0. The molecule has 36 heavy (non-hydrogen) atoms. The lowest BCUT2D eigenvalue weighted by Gasteiger charge is -2.13. The number of imidazole rings is 1. The Balaban J connectivity index is 1.62. The van der Waals surface area contributed by atoms with Gasteiger partial charge < -0.3 is 10.4 Å². The molecule has 2 N–H and O–H groups in total. The van der Waals surface area contributed by atoms with Crippen LogP contribution in [0.15, 0.2) is 67.1 Å². The monoisotopic (exact) mass is 511 g/mol. The lowest BCUT2D eigenvalue weighted by molar-refractivity contribution is -0.133. The molecule has 4 heterocycles. The number of aromatic carboxylic acids is 1. The quantitative estimate of drug-likeness (QED) is 0.328. The second-order valence-corrected chi connectivity index (χ2v) is 8.84. The minimum atomic E-state index is -4.69. The van der Waals surface area contributed by atoms with E-state index < -0.39 is 22.9 Å². The van der Waals surface area contributed by atoms with E-state index in [1.54, 1.807) is 37.4 Å². The normalized spacial score (nSPS) is 11.7. The van der Waals surface area contributed by atoms with Gasteiger partial charge in [0.15, 0.2) is 11.3 Å². The summed E-state index contributed by atoms with van der Waals surface area (Å²) in [5, 5.41) is 16.2. The number of alkyl halides is 3. The summed E-state index contributed by atoms with van der Waals surface area (Å²) < 4.78 is 44.0. The minimum absolute atomic E-state index is 0.0894. The fourth-order valence-electron chi connectivity index (χ4n) is 3.83. The molecule has 0 unspecified atom stereocenters. The number of pyridine rings is 1. The molecule has 12 heteroatoms. The second-order valence-electron chi connectivity index (χ2n) is 7.79. The first-order chi connectivity index (χ1) is 17.1. The molecule has 4 aromatic heterocycles. The van der Waals surface area contributed by atoms with Gasteiger partial charge in [0.25, 0.3) is 5.91 Å². The molecule has 0 radical (unpaired) electrons. The number of carboxylic acids is 1. The predicted molar refractivity (Wildman–Crippen MR) is 127 cm³/mol. The second kappa shape index (κ2) is 8.64. The number of rotatable bonds is 5. The molecule has 1 aromatic carbocycles.